The van der Waals surface area contributed by atoms with E-state index in [0.717, 1.165) is 17.0 Å². The van der Waals surface area contributed by atoms with Crippen LogP contribution in [0.1, 0.15) is 5.56 Å². The molecule has 0 radical (unpaired) electrons. The van der Waals surface area contributed by atoms with Crippen molar-refractivity contribution in [1.29, 1.82) is 0 Å². The van der Waals surface area contributed by atoms with Crippen molar-refractivity contribution >= 4 is 28.9 Å². The first kappa shape index (κ1) is 17.8. The van der Waals surface area contributed by atoms with Crippen LogP contribution in [0.15, 0.2) is 54.9 Å². The van der Waals surface area contributed by atoms with Crippen LogP contribution in [0.4, 0.5) is 17.3 Å². The van der Waals surface area contributed by atoms with Crippen molar-refractivity contribution in [2.75, 3.05) is 24.9 Å². The Labute approximate surface area is 157 Å². The summed E-state index contributed by atoms with van der Waals surface area (Å²) >= 11 is 6.06. The fourth-order valence-electron chi connectivity index (χ4n) is 2.47. The standard InChI is InChI=1S/C19H19ClN4O2/c1-25-16-6-4-3-5-13(16)11-21-18-10-19(23-12-22-18)24-15-9-14(20)7-8-17(15)26-2/h3-10,12H,11H2,1-2H3,(H2,21,22,23,24). The summed E-state index contributed by atoms with van der Waals surface area (Å²) in [4.78, 5) is 8.49. The van der Waals surface area contributed by atoms with Crippen LogP contribution in [0.25, 0.3) is 0 Å². The Morgan fingerprint density at radius 2 is 1.69 bits per heavy atom. The summed E-state index contributed by atoms with van der Waals surface area (Å²) in [5.74, 6) is 2.82. The molecule has 0 aliphatic carbocycles. The zero-order valence-corrected chi connectivity index (χ0v) is 15.2. The van der Waals surface area contributed by atoms with Crippen molar-refractivity contribution in [2.45, 2.75) is 6.54 Å². The quantitative estimate of drug-likeness (QED) is 0.638. The van der Waals surface area contributed by atoms with Crippen molar-refractivity contribution in [3.8, 4) is 11.5 Å². The summed E-state index contributed by atoms with van der Waals surface area (Å²) in [5, 5.41) is 7.08. The lowest BCUT2D eigenvalue weighted by molar-refractivity contribution is 0.410. The number of hydrogen-bond acceptors (Lipinski definition) is 6. The molecule has 1 aromatic heterocycles. The van der Waals surface area contributed by atoms with Crippen LogP contribution in [0, 0.1) is 0 Å². The van der Waals surface area contributed by atoms with Gasteiger partial charge in [-0.15, -0.1) is 0 Å². The van der Waals surface area contributed by atoms with E-state index in [9.17, 15) is 0 Å². The van der Waals surface area contributed by atoms with Gasteiger partial charge >= 0.3 is 0 Å². The van der Waals surface area contributed by atoms with E-state index >= 15 is 0 Å². The molecule has 0 amide bonds. The molecule has 0 atom stereocenters. The van der Waals surface area contributed by atoms with E-state index in [-0.39, 0.29) is 0 Å². The Balaban J connectivity index is 1.73. The van der Waals surface area contributed by atoms with Gasteiger partial charge in [-0.05, 0) is 24.3 Å². The fourth-order valence-corrected chi connectivity index (χ4v) is 2.65. The highest BCUT2D eigenvalue weighted by Gasteiger charge is 2.07. The van der Waals surface area contributed by atoms with E-state index in [1.165, 1.54) is 6.33 Å². The maximum absolute atomic E-state index is 6.06. The molecule has 0 aliphatic heterocycles. The minimum atomic E-state index is 0.584. The normalized spacial score (nSPS) is 10.3. The Hall–Kier alpha value is -2.99. The molecule has 0 bridgehead atoms. The monoisotopic (exact) mass is 370 g/mol. The average molecular weight is 371 g/mol. The molecule has 0 fully saturated rings. The molecule has 3 rings (SSSR count). The number of methoxy groups -OCH3 is 2. The number of halogens is 1. The number of nitrogens with zero attached hydrogens (tertiary/aromatic N) is 2. The second-order valence-corrected chi connectivity index (χ2v) is 5.86. The molecule has 2 N–H and O–H groups in total. The van der Waals surface area contributed by atoms with Crippen LogP contribution in [-0.2, 0) is 6.54 Å². The lowest BCUT2D eigenvalue weighted by atomic mass is 10.2. The highest BCUT2D eigenvalue weighted by Crippen LogP contribution is 2.30. The molecule has 134 valence electrons. The lowest BCUT2D eigenvalue weighted by Gasteiger charge is -2.12. The van der Waals surface area contributed by atoms with E-state index in [4.69, 9.17) is 21.1 Å². The van der Waals surface area contributed by atoms with Crippen LogP contribution in [-0.4, -0.2) is 24.2 Å². The van der Waals surface area contributed by atoms with Crippen molar-refractivity contribution < 1.29 is 9.47 Å². The molecule has 7 heteroatoms. The first-order chi connectivity index (χ1) is 12.7. The number of aromatic nitrogens is 2. The molecular weight excluding hydrogens is 352 g/mol. The second-order valence-electron chi connectivity index (χ2n) is 5.42. The summed E-state index contributed by atoms with van der Waals surface area (Å²) in [7, 11) is 3.26. The topological polar surface area (TPSA) is 68.3 Å². The summed E-state index contributed by atoms with van der Waals surface area (Å²) in [6.45, 7) is 0.584. The van der Waals surface area contributed by atoms with E-state index < -0.39 is 0 Å². The van der Waals surface area contributed by atoms with Crippen LogP contribution in [0.3, 0.4) is 0 Å². The number of rotatable bonds is 7. The van der Waals surface area contributed by atoms with Gasteiger partial charge in [0.2, 0.25) is 0 Å². The number of hydrogen-bond donors (Lipinski definition) is 2. The lowest BCUT2D eigenvalue weighted by Crippen LogP contribution is -2.04. The predicted octanol–water partition coefficient (Wildman–Crippen LogP) is 4.50. The van der Waals surface area contributed by atoms with Gasteiger partial charge in [0.25, 0.3) is 0 Å². The largest absolute Gasteiger partial charge is 0.496 e. The third-order valence-electron chi connectivity index (χ3n) is 3.74. The number of benzene rings is 2. The third-order valence-corrected chi connectivity index (χ3v) is 3.98. The first-order valence-corrected chi connectivity index (χ1v) is 8.36. The number of ether oxygens (including phenoxy) is 2. The van der Waals surface area contributed by atoms with E-state index in [1.807, 2.05) is 30.3 Å². The Morgan fingerprint density at radius 3 is 2.50 bits per heavy atom. The minimum absolute atomic E-state index is 0.584. The summed E-state index contributed by atoms with van der Waals surface area (Å²) in [6, 6.07) is 15.0. The smallest absolute Gasteiger partial charge is 0.142 e. The molecule has 0 spiro atoms. The molecule has 0 saturated carbocycles. The Bertz CT molecular complexity index is 889. The van der Waals surface area contributed by atoms with Crippen molar-refractivity contribution in [3.63, 3.8) is 0 Å². The Morgan fingerprint density at radius 1 is 0.923 bits per heavy atom. The SMILES string of the molecule is COc1ccccc1CNc1cc(Nc2cc(Cl)ccc2OC)ncn1. The maximum atomic E-state index is 6.06. The van der Waals surface area contributed by atoms with Gasteiger partial charge in [0, 0.05) is 23.2 Å². The second kappa shape index (κ2) is 8.40. The van der Waals surface area contributed by atoms with Gasteiger partial charge in [0.05, 0.1) is 19.9 Å². The molecule has 0 aliphatic rings. The number of para-hydroxylation sites is 1. The van der Waals surface area contributed by atoms with Crippen LogP contribution in [0.5, 0.6) is 11.5 Å². The Kier molecular flexibility index (Phi) is 5.76. The highest BCUT2D eigenvalue weighted by atomic mass is 35.5. The summed E-state index contributed by atoms with van der Waals surface area (Å²) < 4.78 is 10.7. The number of nitrogens with one attached hydrogen (secondary N) is 2. The zero-order valence-electron chi connectivity index (χ0n) is 14.5. The summed E-state index contributed by atoms with van der Waals surface area (Å²) in [5.41, 5.74) is 1.77. The minimum Gasteiger partial charge on any atom is -0.496 e. The predicted molar refractivity (Wildman–Crippen MR) is 104 cm³/mol. The van der Waals surface area contributed by atoms with Gasteiger partial charge < -0.3 is 20.1 Å². The first-order valence-electron chi connectivity index (χ1n) is 7.98. The molecule has 0 saturated heterocycles. The fraction of sp³-hybridized carbons (Fsp3) is 0.158. The average Bonchev–Trinajstić information content (AvgIpc) is 2.67. The zero-order chi connectivity index (χ0) is 18.4. The summed E-state index contributed by atoms with van der Waals surface area (Å²) in [6.07, 6.45) is 1.49. The number of anilines is 3. The van der Waals surface area contributed by atoms with Crippen LogP contribution in [0.2, 0.25) is 5.02 Å². The highest BCUT2D eigenvalue weighted by molar-refractivity contribution is 6.31. The van der Waals surface area contributed by atoms with E-state index in [0.29, 0.717) is 29.0 Å². The molecule has 2 aromatic carbocycles. The van der Waals surface area contributed by atoms with Gasteiger partial charge in [-0.2, -0.15) is 0 Å². The molecule has 0 unspecified atom stereocenters. The van der Waals surface area contributed by atoms with E-state index in [2.05, 4.69) is 20.6 Å². The van der Waals surface area contributed by atoms with Gasteiger partial charge in [0.15, 0.2) is 0 Å². The van der Waals surface area contributed by atoms with Gasteiger partial charge in [-0.1, -0.05) is 29.8 Å². The molecule has 26 heavy (non-hydrogen) atoms. The van der Waals surface area contributed by atoms with Crippen molar-refractivity contribution in [2.24, 2.45) is 0 Å². The third kappa shape index (κ3) is 4.34. The molecule has 6 nitrogen and oxygen atoms in total. The molecular formula is C19H19ClN4O2. The van der Waals surface area contributed by atoms with Crippen molar-refractivity contribution in [1.82, 2.24) is 9.97 Å². The van der Waals surface area contributed by atoms with Gasteiger partial charge in [-0.25, -0.2) is 9.97 Å². The van der Waals surface area contributed by atoms with E-state index in [1.54, 1.807) is 32.4 Å². The van der Waals surface area contributed by atoms with Crippen LogP contribution >= 0.6 is 11.6 Å². The molecule has 1 heterocycles. The maximum Gasteiger partial charge on any atom is 0.142 e. The van der Waals surface area contributed by atoms with Crippen LogP contribution < -0.4 is 20.1 Å². The van der Waals surface area contributed by atoms with Gasteiger partial charge in [-0.3, -0.25) is 0 Å². The van der Waals surface area contributed by atoms with Crippen molar-refractivity contribution in [3.05, 3.63) is 65.4 Å². The molecule has 3 aromatic rings. The van der Waals surface area contributed by atoms with Gasteiger partial charge in [0.1, 0.15) is 29.5 Å².